The molecule has 3 rings (SSSR count). The summed E-state index contributed by atoms with van der Waals surface area (Å²) in [5.74, 6) is -2.14. The van der Waals surface area contributed by atoms with E-state index in [0.717, 1.165) is 37.8 Å². The summed E-state index contributed by atoms with van der Waals surface area (Å²) in [6.07, 6.45) is 0.387. The molecule has 1 aliphatic carbocycles. The molecule has 0 spiro atoms. The fourth-order valence-electron chi connectivity index (χ4n) is 5.09. The number of aliphatic carboxylic acids is 1. The van der Waals surface area contributed by atoms with Gasteiger partial charge in [0.2, 0.25) is 0 Å². The highest BCUT2D eigenvalue weighted by Gasteiger charge is 2.31. The van der Waals surface area contributed by atoms with Crippen molar-refractivity contribution < 1.29 is 37.0 Å². The average Bonchev–Trinajstić information content (AvgIpc) is 2.84. The normalized spacial score (nSPS) is 15.9. The fourth-order valence-corrected chi connectivity index (χ4v) is 5.09. The molecule has 0 bridgehead atoms. The Bertz CT molecular complexity index is 1130. The fraction of sp³-hybridized carbons (Fsp3) is 0.500. The zero-order valence-electron chi connectivity index (χ0n) is 22.2. The van der Waals surface area contributed by atoms with E-state index in [9.17, 15) is 27.9 Å². The minimum Gasteiger partial charge on any atom is -0.481 e. The van der Waals surface area contributed by atoms with Crippen LogP contribution in [0.15, 0.2) is 36.4 Å². The van der Waals surface area contributed by atoms with Crippen LogP contribution in [0.5, 0.6) is 5.75 Å². The van der Waals surface area contributed by atoms with Crippen LogP contribution in [-0.4, -0.2) is 29.5 Å². The Hall–Kier alpha value is -3.50. The van der Waals surface area contributed by atoms with E-state index >= 15 is 4.39 Å². The van der Waals surface area contributed by atoms with Crippen LogP contribution in [0, 0.1) is 17.7 Å². The minimum absolute atomic E-state index is 0.0248. The van der Waals surface area contributed by atoms with Crippen LogP contribution >= 0.6 is 0 Å². The topological polar surface area (TPSA) is 99.7 Å². The van der Waals surface area contributed by atoms with Crippen molar-refractivity contribution in [2.24, 2.45) is 11.8 Å². The largest absolute Gasteiger partial charge is 0.573 e. The molecule has 1 fully saturated rings. The highest BCUT2D eigenvalue weighted by molar-refractivity contribution is 6.02. The van der Waals surface area contributed by atoms with Gasteiger partial charge >= 0.3 is 18.4 Å². The van der Waals surface area contributed by atoms with Gasteiger partial charge in [-0.3, -0.25) is 4.79 Å². The van der Waals surface area contributed by atoms with Crippen LogP contribution in [0.4, 0.5) is 39.4 Å². The molecule has 2 unspecified atom stereocenters. The standard InChI is InChI=1S/C28H35F4N3O4/c1-16(2)26(18-7-5-4-6-8-18)34-24-15-22(29)21(17(3)13-25(36)37)14-23(24)35-27(38)33-19-9-11-20(12-10-19)39-28(30,31)32/h9-12,14-18,26,34H,4-8,13H2,1-3H3,(H,36,37)(H2,33,35,38). The predicted molar refractivity (Wildman–Crippen MR) is 142 cm³/mol. The lowest BCUT2D eigenvalue weighted by atomic mass is 9.79. The van der Waals surface area contributed by atoms with Gasteiger partial charge in [0, 0.05) is 11.7 Å². The van der Waals surface area contributed by atoms with Gasteiger partial charge in [-0.1, -0.05) is 40.0 Å². The number of halogens is 4. The van der Waals surface area contributed by atoms with Crippen molar-refractivity contribution in [2.45, 2.75) is 77.6 Å². The molecule has 0 radical (unpaired) electrons. The summed E-state index contributed by atoms with van der Waals surface area (Å²) in [5.41, 5.74) is 0.984. The van der Waals surface area contributed by atoms with E-state index in [1.54, 1.807) is 6.92 Å². The number of rotatable bonds is 10. The van der Waals surface area contributed by atoms with Gasteiger partial charge in [-0.05, 0) is 72.6 Å². The van der Waals surface area contributed by atoms with Gasteiger partial charge in [0.1, 0.15) is 11.6 Å². The third-order valence-corrected chi connectivity index (χ3v) is 6.94. The van der Waals surface area contributed by atoms with E-state index in [2.05, 4.69) is 34.5 Å². The number of carboxylic acids is 1. The first-order chi connectivity index (χ1) is 18.3. The van der Waals surface area contributed by atoms with Crippen molar-refractivity contribution in [2.75, 3.05) is 16.0 Å². The van der Waals surface area contributed by atoms with Gasteiger partial charge in [0.05, 0.1) is 17.8 Å². The second-order valence-electron chi connectivity index (χ2n) is 10.4. The van der Waals surface area contributed by atoms with E-state index < -0.39 is 35.8 Å². The Morgan fingerprint density at radius 3 is 2.21 bits per heavy atom. The Labute approximate surface area is 225 Å². The van der Waals surface area contributed by atoms with Crippen molar-refractivity contribution in [3.8, 4) is 5.75 Å². The Kier molecular flexibility index (Phi) is 10.0. The molecule has 0 aromatic heterocycles. The number of carbonyl (C=O) groups excluding carboxylic acids is 1. The first-order valence-corrected chi connectivity index (χ1v) is 13.1. The third-order valence-electron chi connectivity index (χ3n) is 6.94. The number of alkyl halides is 3. The average molecular weight is 554 g/mol. The van der Waals surface area contributed by atoms with Crippen LogP contribution in [0.2, 0.25) is 0 Å². The van der Waals surface area contributed by atoms with Gasteiger partial charge < -0.3 is 25.8 Å². The van der Waals surface area contributed by atoms with Crippen molar-refractivity contribution in [1.82, 2.24) is 0 Å². The molecule has 2 atom stereocenters. The second-order valence-corrected chi connectivity index (χ2v) is 10.4. The van der Waals surface area contributed by atoms with E-state index in [1.165, 1.54) is 30.7 Å². The van der Waals surface area contributed by atoms with Crippen LogP contribution in [0.1, 0.15) is 70.8 Å². The molecular formula is C28H35F4N3O4. The van der Waals surface area contributed by atoms with Crippen molar-refractivity contribution in [3.05, 3.63) is 47.8 Å². The lowest BCUT2D eigenvalue weighted by Crippen LogP contribution is -2.35. The van der Waals surface area contributed by atoms with Crippen LogP contribution in [-0.2, 0) is 4.79 Å². The van der Waals surface area contributed by atoms with Gasteiger partial charge in [-0.25, -0.2) is 9.18 Å². The molecule has 1 aliphatic rings. The third kappa shape index (κ3) is 9.04. The monoisotopic (exact) mass is 553 g/mol. The van der Waals surface area contributed by atoms with Crippen LogP contribution in [0.3, 0.4) is 0 Å². The lowest BCUT2D eigenvalue weighted by Gasteiger charge is -2.35. The van der Waals surface area contributed by atoms with Gasteiger partial charge in [-0.15, -0.1) is 13.2 Å². The molecule has 39 heavy (non-hydrogen) atoms. The summed E-state index contributed by atoms with van der Waals surface area (Å²) in [6.45, 7) is 5.75. The molecule has 1 saturated carbocycles. The molecule has 0 saturated heterocycles. The molecule has 2 aromatic carbocycles. The Morgan fingerprint density at radius 2 is 1.64 bits per heavy atom. The number of anilines is 3. The minimum atomic E-state index is -4.83. The number of ether oxygens (including phenoxy) is 1. The zero-order chi connectivity index (χ0) is 28.7. The van der Waals surface area contributed by atoms with Crippen LogP contribution in [0.25, 0.3) is 0 Å². The number of benzene rings is 2. The molecule has 11 heteroatoms. The van der Waals surface area contributed by atoms with Gasteiger partial charge in [-0.2, -0.15) is 0 Å². The summed E-state index contributed by atoms with van der Waals surface area (Å²) in [7, 11) is 0. The maximum Gasteiger partial charge on any atom is 0.573 e. The lowest BCUT2D eigenvalue weighted by molar-refractivity contribution is -0.274. The summed E-state index contributed by atoms with van der Waals surface area (Å²) < 4.78 is 56.3. The first kappa shape index (κ1) is 30.0. The van der Waals surface area contributed by atoms with Crippen molar-refractivity contribution in [1.29, 1.82) is 0 Å². The number of nitrogens with one attached hydrogen (secondary N) is 3. The zero-order valence-corrected chi connectivity index (χ0v) is 22.2. The number of amides is 2. The highest BCUT2D eigenvalue weighted by Crippen LogP contribution is 2.36. The predicted octanol–water partition coefficient (Wildman–Crippen LogP) is 7.96. The smallest absolute Gasteiger partial charge is 0.481 e. The number of hydrogen-bond donors (Lipinski definition) is 4. The van der Waals surface area contributed by atoms with Crippen molar-refractivity contribution >= 4 is 29.1 Å². The number of carboxylic acid groups (broad SMARTS) is 1. The molecule has 2 aromatic rings. The maximum absolute atomic E-state index is 15.2. The van der Waals surface area contributed by atoms with Crippen molar-refractivity contribution in [3.63, 3.8) is 0 Å². The molecule has 4 N–H and O–H groups in total. The molecule has 0 heterocycles. The number of urea groups is 1. The van der Waals surface area contributed by atoms with Gasteiger partial charge in [0.15, 0.2) is 0 Å². The van der Waals surface area contributed by atoms with E-state index in [0.29, 0.717) is 11.6 Å². The van der Waals surface area contributed by atoms with E-state index in [4.69, 9.17) is 0 Å². The molecule has 0 aliphatic heterocycles. The second kappa shape index (κ2) is 13.0. The Morgan fingerprint density at radius 1 is 1.00 bits per heavy atom. The summed E-state index contributed by atoms with van der Waals surface area (Å²) in [4.78, 5) is 24.1. The summed E-state index contributed by atoms with van der Waals surface area (Å²) >= 11 is 0. The van der Waals surface area contributed by atoms with Crippen LogP contribution < -0.4 is 20.7 Å². The molecule has 2 amide bonds. The number of hydrogen-bond acceptors (Lipinski definition) is 4. The summed E-state index contributed by atoms with van der Waals surface area (Å²) in [6, 6.07) is 6.68. The SMILES string of the molecule is CC(CC(=O)O)c1cc(NC(=O)Nc2ccc(OC(F)(F)F)cc2)c(NC(C(C)C)C2CCCCC2)cc1F. The number of carbonyl (C=O) groups is 2. The maximum atomic E-state index is 15.2. The first-order valence-electron chi connectivity index (χ1n) is 13.1. The highest BCUT2D eigenvalue weighted by atomic mass is 19.4. The Balaban J connectivity index is 1.86. The van der Waals surface area contributed by atoms with Gasteiger partial charge in [0.25, 0.3) is 0 Å². The molecule has 214 valence electrons. The quantitative estimate of drug-likeness (QED) is 0.224. The molecular weight excluding hydrogens is 518 g/mol. The van der Waals surface area contributed by atoms with E-state index in [-0.39, 0.29) is 35.3 Å². The van der Waals surface area contributed by atoms with E-state index in [1.807, 2.05) is 0 Å². The molecule has 7 nitrogen and oxygen atoms in total. The summed E-state index contributed by atoms with van der Waals surface area (Å²) in [5, 5.41) is 17.9.